The third kappa shape index (κ3) is 2.95. The van der Waals surface area contributed by atoms with Gasteiger partial charge in [0.15, 0.2) is 0 Å². The number of nitrogens with zero attached hydrogens (tertiary/aromatic N) is 1. The molecule has 3 N–H and O–H groups in total. The van der Waals surface area contributed by atoms with Gasteiger partial charge in [-0.1, -0.05) is 19.1 Å². The normalized spacial score (nSPS) is 14.0. The molecule has 2 aromatic rings. The molecule has 0 aliphatic rings. The SMILES string of the molecule is CCC(C)(NCc1nc2c(C)cccc2c(=O)[nH]1)C(=O)O. The Kier molecular flexibility index (Phi) is 4.09. The van der Waals surface area contributed by atoms with Crippen molar-refractivity contribution in [2.24, 2.45) is 0 Å². The van der Waals surface area contributed by atoms with E-state index in [2.05, 4.69) is 15.3 Å². The first-order valence-electron chi connectivity index (χ1n) is 6.84. The van der Waals surface area contributed by atoms with Gasteiger partial charge in [-0.2, -0.15) is 0 Å². The molecule has 0 aliphatic carbocycles. The molecule has 6 nitrogen and oxygen atoms in total. The van der Waals surface area contributed by atoms with Crippen molar-refractivity contribution >= 4 is 16.9 Å². The van der Waals surface area contributed by atoms with Crippen LogP contribution in [-0.2, 0) is 11.3 Å². The lowest BCUT2D eigenvalue weighted by Gasteiger charge is -2.24. The average Bonchev–Trinajstić information content (AvgIpc) is 2.45. The van der Waals surface area contributed by atoms with Crippen LogP contribution >= 0.6 is 0 Å². The number of carboxylic acids is 1. The highest BCUT2D eigenvalue weighted by Crippen LogP contribution is 2.13. The van der Waals surface area contributed by atoms with Crippen LogP contribution in [0.2, 0.25) is 0 Å². The highest BCUT2D eigenvalue weighted by atomic mass is 16.4. The fraction of sp³-hybridized carbons (Fsp3) is 0.400. The second-order valence-corrected chi connectivity index (χ2v) is 5.33. The van der Waals surface area contributed by atoms with Crippen molar-refractivity contribution in [2.75, 3.05) is 0 Å². The van der Waals surface area contributed by atoms with Gasteiger partial charge in [0.25, 0.3) is 5.56 Å². The number of aryl methyl sites for hydroxylation is 1. The predicted octanol–water partition coefficient (Wildman–Crippen LogP) is 1.57. The van der Waals surface area contributed by atoms with Crippen molar-refractivity contribution in [3.8, 4) is 0 Å². The van der Waals surface area contributed by atoms with E-state index in [0.717, 1.165) is 5.56 Å². The second-order valence-electron chi connectivity index (χ2n) is 5.33. The van der Waals surface area contributed by atoms with Gasteiger partial charge in [0.1, 0.15) is 11.4 Å². The third-order valence-electron chi connectivity index (χ3n) is 3.81. The lowest BCUT2D eigenvalue weighted by Crippen LogP contribution is -2.48. The van der Waals surface area contributed by atoms with Crippen LogP contribution in [0.15, 0.2) is 23.0 Å². The zero-order chi connectivity index (χ0) is 15.6. The number of para-hydroxylation sites is 1. The summed E-state index contributed by atoms with van der Waals surface area (Å²) in [5.74, 6) is -0.493. The van der Waals surface area contributed by atoms with Gasteiger partial charge in [-0.3, -0.25) is 14.9 Å². The van der Waals surface area contributed by atoms with Gasteiger partial charge in [-0.15, -0.1) is 0 Å². The molecule has 1 aromatic heterocycles. The molecule has 1 aromatic carbocycles. The van der Waals surface area contributed by atoms with Gasteiger partial charge in [0.2, 0.25) is 0 Å². The highest BCUT2D eigenvalue weighted by Gasteiger charge is 2.30. The Labute approximate surface area is 122 Å². The maximum atomic E-state index is 12.0. The van der Waals surface area contributed by atoms with Crippen LogP contribution in [-0.4, -0.2) is 26.6 Å². The maximum Gasteiger partial charge on any atom is 0.323 e. The molecule has 1 atom stereocenters. The van der Waals surface area contributed by atoms with Gasteiger partial charge in [0, 0.05) is 0 Å². The van der Waals surface area contributed by atoms with Crippen LogP contribution in [0.4, 0.5) is 0 Å². The van der Waals surface area contributed by atoms with E-state index in [-0.39, 0.29) is 12.1 Å². The Morgan fingerprint density at radius 1 is 1.48 bits per heavy atom. The second kappa shape index (κ2) is 5.65. The molecule has 1 heterocycles. The summed E-state index contributed by atoms with van der Waals surface area (Å²) in [6.45, 7) is 5.48. The number of rotatable bonds is 5. The van der Waals surface area contributed by atoms with Crippen molar-refractivity contribution in [3.05, 3.63) is 39.9 Å². The molecule has 0 radical (unpaired) electrons. The number of fused-ring (bicyclic) bond motifs is 1. The topological polar surface area (TPSA) is 95.1 Å². The summed E-state index contributed by atoms with van der Waals surface area (Å²) in [6.07, 6.45) is 0.430. The Bertz CT molecular complexity index is 739. The average molecular weight is 289 g/mol. The zero-order valence-electron chi connectivity index (χ0n) is 12.4. The van der Waals surface area contributed by atoms with Gasteiger partial charge in [0.05, 0.1) is 17.4 Å². The standard InChI is InChI=1S/C15H19N3O3/c1-4-15(3,14(20)21)16-8-11-17-12-9(2)6-5-7-10(12)13(19)18-11/h5-7,16H,4,8H2,1-3H3,(H,20,21)(H,17,18,19). The summed E-state index contributed by atoms with van der Waals surface area (Å²) in [7, 11) is 0. The van der Waals surface area contributed by atoms with E-state index in [1.165, 1.54) is 0 Å². The fourth-order valence-corrected chi connectivity index (χ4v) is 2.07. The lowest BCUT2D eigenvalue weighted by atomic mass is 9.99. The molecular weight excluding hydrogens is 270 g/mol. The lowest BCUT2D eigenvalue weighted by molar-refractivity contribution is -0.144. The van der Waals surface area contributed by atoms with Crippen LogP contribution in [0.1, 0.15) is 31.7 Å². The number of aromatic amines is 1. The van der Waals surface area contributed by atoms with Gasteiger partial charge in [-0.05, 0) is 31.9 Å². The fourth-order valence-electron chi connectivity index (χ4n) is 2.07. The summed E-state index contributed by atoms with van der Waals surface area (Å²) in [4.78, 5) is 30.4. The van der Waals surface area contributed by atoms with E-state index in [9.17, 15) is 14.7 Å². The van der Waals surface area contributed by atoms with E-state index >= 15 is 0 Å². The van der Waals surface area contributed by atoms with E-state index in [1.54, 1.807) is 19.9 Å². The molecular formula is C15H19N3O3. The monoisotopic (exact) mass is 289 g/mol. The minimum absolute atomic E-state index is 0.191. The Balaban J connectivity index is 2.34. The molecule has 0 amide bonds. The first-order valence-corrected chi connectivity index (χ1v) is 6.84. The predicted molar refractivity (Wildman–Crippen MR) is 80.3 cm³/mol. The summed E-state index contributed by atoms with van der Waals surface area (Å²) in [5.41, 5.74) is 0.302. The van der Waals surface area contributed by atoms with Crippen LogP contribution in [0.3, 0.4) is 0 Å². The minimum Gasteiger partial charge on any atom is -0.480 e. The number of carboxylic acid groups (broad SMARTS) is 1. The minimum atomic E-state index is -1.04. The number of hydrogen-bond donors (Lipinski definition) is 3. The third-order valence-corrected chi connectivity index (χ3v) is 3.81. The summed E-state index contributed by atoms with van der Waals surface area (Å²) >= 11 is 0. The van der Waals surface area contributed by atoms with E-state index in [1.807, 2.05) is 19.1 Å². The van der Waals surface area contributed by atoms with E-state index in [4.69, 9.17) is 0 Å². The van der Waals surface area contributed by atoms with Crippen molar-refractivity contribution in [2.45, 2.75) is 39.3 Å². The van der Waals surface area contributed by atoms with Crippen LogP contribution in [0, 0.1) is 6.92 Å². The quantitative estimate of drug-likeness (QED) is 0.776. The molecule has 0 saturated heterocycles. The first kappa shape index (κ1) is 15.2. The van der Waals surface area contributed by atoms with Gasteiger partial charge < -0.3 is 10.1 Å². The molecule has 0 aliphatic heterocycles. The molecule has 1 unspecified atom stereocenters. The van der Waals surface area contributed by atoms with Crippen LogP contribution in [0.25, 0.3) is 10.9 Å². The number of carbonyl (C=O) groups is 1. The van der Waals surface area contributed by atoms with Gasteiger partial charge in [-0.25, -0.2) is 4.98 Å². The molecule has 2 rings (SSSR count). The summed E-state index contributed by atoms with van der Waals surface area (Å²) in [5, 5.41) is 12.7. The number of aromatic nitrogens is 2. The molecule has 0 fully saturated rings. The summed E-state index contributed by atoms with van der Waals surface area (Å²) < 4.78 is 0. The van der Waals surface area contributed by atoms with Crippen molar-refractivity contribution in [3.63, 3.8) is 0 Å². The first-order chi connectivity index (χ1) is 9.87. The molecule has 21 heavy (non-hydrogen) atoms. The van der Waals surface area contributed by atoms with Crippen molar-refractivity contribution in [1.82, 2.24) is 15.3 Å². The molecule has 6 heteroatoms. The number of benzene rings is 1. The van der Waals surface area contributed by atoms with Crippen molar-refractivity contribution < 1.29 is 9.90 Å². The molecule has 0 saturated carbocycles. The largest absolute Gasteiger partial charge is 0.480 e. The Morgan fingerprint density at radius 2 is 2.19 bits per heavy atom. The van der Waals surface area contributed by atoms with E-state index < -0.39 is 11.5 Å². The summed E-state index contributed by atoms with van der Waals surface area (Å²) in [6, 6.07) is 5.42. The van der Waals surface area contributed by atoms with Crippen LogP contribution < -0.4 is 10.9 Å². The Hall–Kier alpha value is -2.21. The smallest absolute Gasteiger partial charge is 0.323 e. The number of nitrogens with one attached hydrogen (secondary N) is 2. The number of H-pyrrole nitrogens is 1. The molecule has 112 valence electrons. The molecule has 0 bridgehead atoms. The van der Waals surface area contributed by atoms with Gasteiger partial charge >= 0.3 is 5.97 Å². The Morgan fingerprint density at radius 3 is 2.81 bits per heavy atom. The van der Waals surface area contributed by atoms with Crippen molar-refractivity contribution in [1.29, 1.82) is 0 Å². The number of hydrogen-bond acceptors (Lipinski definition) is 4. The maximum absolute atomic E-state index is 12.0. The van der Waals surface area contributed by atoms with Crippen LogP contribution in [0.5, 0.6) is 0 Å². The van der Waals surface area contributed by atoms with E-state index in [0.29, 0.717) is 23.1 Å². The highest BCUT2D eigenvalue weighted by molar-refractivity contribution is 5.80. The molecule has 0 spiro atoms. The zero-order valence-corrected chi connectivity index (χ0v) is 12.4. The number of aliphatic carboxylic acids is 1.